The summed E-state index contributed by atoms with van der Waals surface area (Å²) in [6, 6.07) is 18.1. The van der Waals surface area contributed by atoms with E-state index in [0.717, 1.165) is 24.2 Å². The first-order chi connectivity index (χ1) is 9.31. The van der Waals surface area contributed by atoms with Crippen molar-refractivity contribution in [1.29, 1.82) is 0 Å². The van der Waals surface area contributed by atoms with E-state index in [9.17, 15) is 4.79 Å². The van der Waals surface area contributed by atoms with Crippen LogP contribution < -0.4 is 4.90 Å². The number of hydrogen-bond donors (Lipinski definition) is 0. The zero-order valence-electron chi connectivity index (χ0n) is 11.0. The molecule has 1 heterocycles. The van der Waals surface area contributed by atoms with Gasteiger partial charge in [0.1, 0.15) is 0 Å². The average molecular weight is 251 g/mol. The van der Waals surface area contributed by atoms with E-state index in [2.05, 4.69) is 13.0 Å². The van der Waals surface area contributed by atoms with E-state index in [1.54, 1.807) is 0 Å². The third-order valence-electron chi connectivity index (χ3n) is 3.78. The van der Waals surface area contributed by atoms with Crippen molar-refractivity contribution in [1.82, 2.24) is 0 Å². The first-order valence-corrected chi connectivity index (χ1v) is 6.78. The monoisotopic (exact) mass is 251 g/mol. The summed E-state index contributed by atoms with van der Waals surface area (Å²) in [7, 11) is 0. The zero-order chi connectivity index (χ0) is 13.2. The number of rotatable bonds is 2. The Labute approximate surface area is 113 Å². The van der Waals surface area contributed by atoms with Gasteiger partial charge in [-0.2, -0.15) is 0 Å². The Morgan fingerprint density at radius 3 is 2.47 bits per heavy atom. The molecule has 3 rings (SSSR count). The minimum absolute atomic E-state index is 0.0927. The summed E-state index contributed by atoms with van der Waals surface area (Å²) in [5, 5.41) is 0. The van der Waals surface area contributed by atoms with Gasteiger partial charge in [0.15, 0.2) is 0 Å². The Kier molecular flexibility index (Phi) is 3.08. The zero-order valence-corrected chi connectivity index (χ0v) is 11.0. The van der Waals surface area contributed by atoms with Gasteiger partial charge in [0.25, 0.3) is 0 Å². The van der Waals surface area contributed by atoms with Crippen LogP contribution in [0.2, 0.25) is 0 Å². The predicted octanol–water partition coefficient (Wildman–Crippen LogP) is 3.93. The Balaban J connectivity index is 2.13. The standard InChI is InChI=1S/C17H17NO/c1-2-13-12-14-8-6-7-11-16(14)18(17(13)19)15-9-4-3-5-10-15/h3-11,13H,2,12H2,1H3. The Morgan fingerprint density at radius 2 is 1.74 bits per heavy atom. The number of hydrogen-bond acceptors (Lipinski definition) is 1. The van der Waals surface area contributed by atoms with Crippen LogP contribution in [0.4, 0.5) is 11.4 Å². The lowest BCUT2D eigenvalue weighted by molar-refractivity contribution is -0.122. The number of carbonyl (C=O) groups is 1. The van der Waals surface area contributed by atoms with E-state index in [0.29, 0.717) is 0 Å². The van der Waals surface area contributed by atoms with Gasteiger partial charge in [-0.05, 0) is 36.6 Å². The molecule has 0 saturated heterocycles. The highest BCUT2D eigenvalue weighted by Gasteiger charge is 2.32. The number of benzene rings is 2. The fourth-order valence-corrected chi connectivity index (χ4v) is 2.72. The van der Waals surface area contributed by atoms with Crippen LogP contribution in [-0.2, 0) is 11.2 Å². The molecule has 96 valence electrons. The molecule has 0 aromatic heterocycles. The summed E-state index contributed by atoms with van der Waals surface area (Å²) in [5.41, 5.74) is 3.25. The molecular weight excluding hydrogens is 234 g/mol. The maximum Gasteiger partial charge on any atom is 0.234 e. The van der Waals surface area contributed by atoms with E-state index in [1.165, 1.54) is 5.56 Å². The van der Waals surface area contributed by atoms with Crippen molar-refractivity contribution in [3.05, 3.63) is 60.2 Å². The quantitative estimate of drug-likeness (QED) is 0.791. The van der Waals surface area contributed by atoms with Gasteiger partial charge in [0.2, 0.25) is 5.91 Å². The van der Waals surface area contributed by atoms with Crippen molar-refractivity contribution in [3.63, 3.8) is 0 Å². The highest BCUT2D eigenvalue weighted by atomic mass is 16.2. The molecule has 0 aliphatic carbocycles. The third-order valence-corrected chi connectivity index (χ3v) is 3.78. The molecule has 1 atom stereocenters. The van der Waals surface area contributed by atoms with Crippen LogP contribution in [-0.4, -0.2) is 5.91 Å². The molecule has 0 radical (unpaired) electrons. The van der Waals surface area contributed by atoms with E-state index in [4.69, 9.17) is 0 Å². The van der Waals surface area contributed by atoms with Gasteiger partial charge in [-0.3, -0.25) is 9.69 Å². The van der Waals surface area contributed by atoms with Crippen LogP contribution in [0.25, 0.3) is 0 Å². The molecule has 0 N–H and O–H groups in total. The van der Waals surface area contributed by atoms with Gasteiger partial charge in [0, 0.05) is 11.6 Å². The summed E-state index contributed by atoms with van der Waals surface area (Å²) in [5.74, 6) is 0.308. The number of amides is 1. The fourth-order valence-electron chi connectivity index (χ4n) is 2.72. The molecule has 1 unspecified atom stereocenters. The van der Waals surface area contributed by atoms with Gasteiger partial charge in [-0.25, -0.2) is 0 Å². The minimum Gasteiger partial charge on any atom is -0.281 e. The topological polar surface area (TPSA) is 20.3 Å². The van der Waals surface area contributed by atoms with E-state index >= 15 is 0 Å². The van der Waals surface area contributed by atoms with Gasteiger partial charge >= 0.3 is 0 Å². The number of anilines is 2. The normalized spacial score (nSPS) is 18.3. The summed E-state index contributed by atoms with van der Waals surface area (Å²) < 4.78 is 0. The molecule has 0 saturated carbocycles. The SMILES string of the molecule is CCC1Cc2ccccc2N(c2ccccc2)C1=O. The Hall–Kier alpha value is -2.09. The van der Waals surface area contributed by atoms with Crippen molar-refractivity contribution in [3.8, 4) is 0 Å². The van der Waals surface area contributed by atoms with Gasteiger partial charge in [0.05, 0.1) is 5.69 Å². The number of para-hydroxylation sites is 2. The molecule has 1 aliphatic heterocycles. The van der Waals surface area contributed by atoms with Gasteiger partial charge in [-0.1, -0.05) is 43.3 Å². The second-order valence-corrected chi connectivity index (χ2v) is 4.95. The summed E-state index contributed by atoms with van der Waals surface area (Å²) in [4.78, 5) is 14.5. The molecule has 2 nitrogen and oxygen atoms in total. The van der Waals surface area contributed by atoms with Crippen LogP contribution in [0.15, 0.2) is 54.6 Å². The van der Waals surface area contributed by atoms with Crippen molar-refractivity contribution in [2.24, 2.45) is 5.92 Å². The van der Waals surface area contributed by atoms with Crippen molar-refractivity contribution < 1.29 is 4.79 Å². The lowest BCUT2D eigenvalue weighted by atomic mass is 9.89. The Bertz CT molecular complexity index is 591. The molecule has 1 aliphatic rings. The van der Waals surface area contributed by atoms with E-state index in [1.807, 2.05) is 53.4 Å². The summed E-state index contributed by atoms with van der Waals surface area (Å²) >= 11 is 0. The molecule has 0 fully saturated rings. The smallest absolute Gasteiger partial charge is 0.234 e. The second kappa shape index (κ2) is 4.88. The molecule has 2 aromatic carbocycles. The average Bonchev–Trinajstić information content (AvgIpc) is 2.47. The molecular formula is C17H17NO. The molecule has 0 spiro atoms. The Morgan fingerprint density at radius 1 is 1.05 bits per heavy atom. The maximum atomic E-state index is 12.6. The first-order valence-electron chi connectivity index (χ1n) is 6.78. The predicted molar refractivity (Wildman–Crippen MR) is 77.5 cm³/mol. The lowest BCUT2D eigenvalue weighted by Crippen LogP contribution is -2.37. The molecule has 2 aromatic rings. The van der Waals surface area contributed by atoms with Crippen molar-refractivity contribution in [2.45, 2.75) is 19.8 Å². The van der Waals surface area contributed by atoms with Crippen LogP contribution in [0, 0.1) is 5.92 Å². The number of carbonyl (C=O) groups excluding carboxylic acids is 1. The van der Waals surface area contributed by atoms with Crippen LogP contribution in [0.3, 0.4) is 0 Å². The van der Waals surface area contributed by atoms with Crippen LogP contribution >= 0.6 is 0 Å². The van der Waals surface area contributed by atoms with Gasteiger partial charge < -0.3 is 0 Å². The highest BCUT2D eigenvalue weighted by Crippen LogP contribution is 2.36. The minimum atomic E-state index is 0.0927. The molecule has 0 bridgehead atoms. The van der Waals surface area contributed by atoms with E-state index < -0.39 is 0 Å². The van der Waals surface area contributed by atoms with Crippen LogP contribution in [0.5, 0.6) is 0 Å². The van der Waals surface area contributed by atoms with Gasteiger partial charge in [-0.15, -0.1) is 0 Å². The summed E-state index contributed by atoms with van der Waals surface area (Å²) in [6.45, 7) is 2.08. The maximum absolute atomic E-state index is 12.6. The molecule has 1 amide bonds. The van der Waals surface area contributed by atoms with Crippen LogP contribution in [0.1, 0.15) is 18.9 Å². The van der Waals surface area contributed by atoms with E-state index in [-0.39, 0.29) is 11.8 Å². The van der Waals surface area contributed by atoms with Crippen molar-refractivity contribution in [2.75, 3.05) is 4.90 Å². The fraction of sp³-hybridized carbons (Fsp3) is 0.235. The third kappa shape index (κ3) is 2.03. The lowest BCUT2D eigenvalue weighted by Gasteiger charge is -2.33. The van der Waals surface area contributed by atoms with Crippen molar-refractivity contribution >= 4 is 17.3 Å². The first kappa shape index (κ1) is 12.0. The number of fused-ring (bicyclic) bond motifs is 1. The number of nitrogens with zero attached hydrogens (tertiary/aromatic N) is 1. The molecule has 19 heavy (non-hydrogen) atoms. The highest BCUT2D eigenvalue weighted by molar-refractivity contribution is 6.04. The second-order valence-electron chi connectivity index (χ2n) is 4.95. The largest absolute Gasteiger partial charge is 0.281 e. The molecule has 2 heteroatoms. The summed E-state index contributed by atoms with van der Waals surface area (Å²) in [6.07, 6.45) is 1.74.